The predicted molar refractivity (Wildman–Crippen MR) is 73.2 cm³/mol. The van der Waals surface area contributed by atoms with Gasteiger partial charge in [-0.25, -0.2) is 4.68 Å². The average Bonchev–Trinajstić information content (AvgIpc) is 2.74. The highest BCUT2D eigenvalue weighted by Crippen LogP contribution is 2.21. The Morgan fingerprint density at radius 2 is 1.94 bits per heavy atom. The van der Waals surface area contributed by atoms with Crippen LogP contribution in [0.3, 0.4) is 0 Å². The van der Waals surface area contributed by atoms with Gasteiger partial charge in [0.05, 0.1) is 11.4 Å². The zero-order valence-corrected chi connectivity index (χ0v) is 11.6. The Morgan fingerprint density at radius 3 is 2.47 bits per heavy atom. The average molecular weight is 294 g/mol. The maximum atomic E-state index is 5.65. The molecule has 0 saturated carbocycles. The number of halogens is 1. The van der Waals surface area contributed by atoms with E-state index in [2.05, 4.69) is 40.9 Å². The standard InChI is InChI=1S/C13H16BrN3/c1-9(2)13-7-11(8-15)16-17(13)12-5-3-10(14)4-6-12/h3-7,9H,8,15H2,1-2H3. The molecular formula is C13H16BrN3. The second-order valence-electron chi connectivity index (χ2n) is 4.31. The fourth-order valence-corrected chi connectivity index (χ4v) is 2.01. The van der Waals surface area contributed by atoms with Crippen molar-refractivity contribution in [3.05, 3.63) is 46.2 Å². The third-order valence-corrected chi connectivity index (χ3v) is 3.19. The fraction of sp³-hybridized carbons (Fsp3) is 0.308. The van der Waals surface area contributed by atoms with Gasteiger partial charge in [-0.3, -0.25) is 0 Å². The zero-order valence-electron chi connectivity index (χ0n) is 10.0. The second kappa shape index (κ2) is 5.02. The lowest BCUT2D eigenvalue weighted by atomic mass is 10.1. The van der Waals surface area contributed by atoms with Gasteiger partial charge in [0, 0.05) is 16.7 Å². The van der Waals surface area contributed by atoms with Crippen LogP contribution >= 0.6 is 15.9 Å². The summed E-state index contributed by atoms with van der Waals surface area (Å²) in [6.07, 6.45) is 0. The molecular weight excluding hydrogens is 278 g/mol. The lowest BCUT2D eigenvalue weighted by Crippen LogP contribution is -2.04. The van der Waals surface area contributed by atoms with E-state index in [1.54, 1.807) is 0 Å². The molecule has 0 aliphatic rings. The Labute approximate surface area is 110 Å². The molecule has 0 aliphatic heterocycles. The predicted octanol–water partition coefficient (Wildman–Crippen LogP) is 3.22. The number of hydrogen-bond acceptors (Lipinski definition) is 2. The van der Waals surface area contributed by atoms with E-state index >= 15 is 0 Å². The molecule has 0 radical (unpaired) electrons. The summed E-state index contributed by atoms with van der Waals surface area (Å²) in [7, 11) is 0. The Bertz CT molecular complexity index is 500. The smallest absolute Gasteiger partial charge is 0.0767 e. The van der Waals surface area contributed by atoms with Crippen LogP contribution in [-0.4, -0.2) is 9.78 Å². The number of hydrogen-bond donors (Lipinski definition) is 1. The molecule has 3 nitrogen and oxygen atoms in total. The van der Waals surface area contributed by atoms with Crippen LogP contribution in [0.15, 0.2) is 34.8 Å². The van der Waals surface area contributed by atoms with Gasteiger partial charge in [0.2, 0.25) is 0 Å². The number of aromatic nitrogens is 2. The van der Waals surface area contributed by atoms with Gasteiger partial charge in [-0.15, -0.1) is 0 Å². The number of rotatable bonds is 3. The van der Waals surface area contributed by atoms with Gasteiger partial charge < -0.3 is 5.73 Å². The maximum absolute atomic E-state index is 5.65. The Hall–Kier alpha value is -1.13. The molecule has 0 atom stereocenters. The molecule has 0 spiro atoms. The van der Waals surface area contributed by atoms with E-state index in [1.165, 1.54) is 5.69 Å². The zero-order chi connectivity index (χ0) is 12.4. The molecule has 17 heavy (non-hydrogen) atoms. The number of benzene rings is 1. The summed E-state index contributed by atoms with van der Waals surface area (Å²) >= 11 is 3.43. The summed E-state index contributed by atoms with van der Waals surface area (Å²) in [4.78, 5) is 0. The van der Waals surface area contributed by atoms with Crippen molar-refractivity contribution in [1.29, 1.82) is 0 Å². The summed E-state index contributed by atoms with van der Waals surface area (Å²) < 4.78 is 3.04. The van der Waals surface area contributed by atoms with E-state index in [0.29, 0.717) is 12.5 Å². The maximum Gasteiger partial charge on any atom is 0.0767 e. The molecule has 2 rings (SSSR count). The minimum atomic E-state index is 0.423. The van der Waals surface area contributed by atoms with Gasteiger partial charge in [-0.2, -0.15) is 5.10 Å². The van der Waals surface area contributed by atoms with Gasteiger partial charge in [-0.1, -0.05) is 29.8 Å². The number of nitrogens with two attached hydrogens (primary N) is 1. The summed E-state index contributed by atoms with van der Waals surface area (Å²) in [6, 6.07) is 10.2. The van der Waals surface area contributed by atoms with Crippen LogP contribution in [0.2, 0.25) is 0 Å². The van der Waals surface area contributed by atoms with E-state index in [4.69, 9.17) is 5.73 Å². The van der Waals surface area contributed by atoms with Crippen LogP contribution in [0, 0.1) is 0 Å². The van der Waals surface area contributed by atoms with Crippen LogP contribution in [0.4, 0.5) is 0 Å². The van der Waals surface area contributed by atoms with E-state index in [9.17, 15) is 0 Å². The van der Waals surface area contributed by atoms with Gasteiger partial charge in [-0.05, 0) is 36.2 Å². The van der Waals surface area contributed by atoms with E-state index in [1.807, 2.05) is 28.9 Å². The van der Waals surface area contributed by atoms with Crippen molar-refractivity contribution < 1.29 is 0 Å². The lowest BCUT2D eigenvalue weighted by molar-refractivity contribution is 0.727. The van der Waals surface area contributed by atoms with Crippen molar-refractivity contribution in [1.82, 2.24) is 9.78 Å². The van der Waals surface area contributed by atoms with Crippen LogP contribution in [0.25, 0.3) is 5.69 Å². The SMILES string of the molecule is CC(C)c1cc(CN)nn1-c1ccc(Br)cc1. The molecule has 1 aromatic carbocycles. The number of nitrogens with zero attached hydrogens (tertiary/aromatic N) is 2. The van der Waals surface area contributed by atoms with Crippen LogP contribution in [-0.2, 0) is 6.54 Å². The third-order valence-electron chi connectivity index (χ3n) is 2.66. The fourth-order valence-electron chi connectivity index (χ4n) is 1.75. The summed E-state index contributed by atoms with van der Waals surface area (Å²) in [5.74, 6) is 0.423. The molecule has 2 aromatic rings. The third kappa shape index (κ3) is 2.58. The monoisotopic (exact) mass is 293 g/mol. The first-order valence-electron chi connectivity index (χ1n) is 5.66. The topological polar surface area (TPSA) is 43.8 Å². The van der Waals surface area contributed by atoms with Gasteiger partial charge in [0.25, 0.3) is 0 Å². The molecule has 4 heteroatoms. The van der Waals surface area contributed by atoms with Crippen molar-refractivity contribution >= 4 is 15.9 Å². The molecule has 2 N–H and O–H groups in total. The van der Waals surface area contributed by atoms with Crippen LogP contribution in [0.5, 0.6) is 0 Å². The molecule has 1 heterocycles. The minimum absolute atomic E-state index is 0.423. The molecule has 0 fully saturated rings. The minimum Gasteiger partial charge on any atom is -0.325 e. The van der Waals surface area contributed by atoms with Crippen molar-refractivity contribution in [2.45, 2.75) is 26.3 Å². The highest BCUT2D eigenvalue weighted by atomic mass is 79.9. The summed E-state index contributed by atoms with van der Waals surface area (Å²) in [5.41, 5.74) is 8.83. The summed E-state index contributed by atoms with van der Waals surface area (Å²) in [6.45, 7) is 4.79. The first kappa shape index (κ1) is 12.3. The van der Waals surface area contributed by atoms with Gasteiger partial charge in [0.1, 0.15) is 0 Å². The normalized spacial score (nSPS) is 11.1. The van der Waals surface area contributed by atoms with Crippen molar-refractivity contribution in [3.63, 3.8) is 0 Å². The largest absolute Gasteiger partial charge is 0.325 e. The molecule has 0 unspecified atom stereocenters. The van der Waals surface area contributed by atoms with E-state index in [0.717, 1.165) is 15.9 Å². The van der Waals surface area contributed by atoms with Crippen molar-refractivity contribution in [3.8, 4) is 5.69 Å². The van der Waals surface area contributed by atoms with Gasteiger partial charge in [0.15, 0.2) is 0 Å². The van der Waals surface area contributed by atoms with Crippen LogP contribution in [0.1, 0.15) is 31.2 Å². The Morgan fingerprint density at radius 1 is 1.29 bits per heavy atom. The highest BCUT2D eigenvalue weighted by Gasteiger charge is 2.11. The molecule has 0 amide bonds. The summed E-state index contributed by atoms with van der Waals surface area (Å²) in [5, 5.41) is 4.53. The Kier molecular flexibility index (Phi) is 3.64. The van der Waals surface area contributed by atoms with Crippen molar-refractivity contribution in [2.24, 2.45) is 5.73 Å². The molecule has 0 saturated heterocycles. The van der Waals surface area contributed by atoms with E-state index < -0.39 is 0 Å². The van der Waals surface area contributed by atoms with Crippen molar-refractivity contribution in [2.75, 3.05) is 0 Å². The lowest BCUT2D eigenvalue weighted by Gasteiger charge is -2.09. The quantitative estimate of drug-likeness (QED) is 0.944. The highest BCUT2D eigenvalue weighted by molar-refractivity contribution is 9.10. The van der Waals surface area contributed by atoms with E-state index in [-0.39, 0.29) is 0 Å². The Balaban J connectivity index is 2.49. The molecule has 1 aromatic heterocycles. The molecule has 90 valence electrons. The first-order chi connectivity index (χ1) is 8.11. The second-order valence-corrected chi connectivity index (χ2v) is 5.22. The van der Waals surface area contributed by atoms with Crippen LogP contribution < -0.4 is 5.73 Å². The van der Waals surface area contributed by atoms with Gasteiger partial charge >= 0.3 is 0 Å². The first-order valence-corrected chi connectivity index (χ1v) is 6.46. The molecule has 0 aliphatic carbocycles. The molecule has 0 bridgehead atoms.